The quantitative estimate of drug-likeness (QED) is 0.549. The first kappa shape index (κ1) is 6.23. The highest BCUT2D eigenvalue weighted by molar-refractivity contribution is 6.14. The molecule has 0 N–H and O–H groups in total. The van der Waals surface area contributed by atoms with Gasteiger partial charge in [0.15, 0.2) is 0 Å². The maximum atomic E-state index is 10.6. The van der Waals surface area contributed by atoms with E-state index in [1.807, 2.05) is 0 Å². The second-order valence-corrected chi connectivity index (χ2v) is 1.76. The van der Waals surface area contributed by atoms with Crippen LogP contribution < -0.4 is 0 Å². The van der Waals surface area contributed by atoms with E-state index in [1.54, 1.807) is 18.3 Å². The van der Waals surface area contributed by atoms with Gasteiger partial charge in [-0.1, -0.05) is 0 Å². The molecule has 0 fully saturated rings. The van der Waals surface area contributed by atoms with Crippen molar-refractivity contribution in [2.24, 2.45) is 0 Å². The van der Waals surface area contributed by atoms with Crippen LogP contribution in [-0.2, 0) is 0 Å². The number of aromatic nitrogens is 1. The summed E-state index contributed by atoms with van der Waals surface area (Å²) in [4.78, 5) is 14.4. The van der Waals surface area contributed by atoms with E-state index in [-0.39, 0.29) is 18.2 Å². The normalized spacial score (nSPS) is 11.8. The van der Waals surface area contributed by atoms with Crippen molar-refractivity contribution in [3.63, 3.8) is 0 Å². The topological polar surface area (TPSA) is 30.0 Å². The van der Waals surface area contributed by atoms with E-state index in [0.717, 1.165) is 5.56 Å². The van der Waals surface area contributed by atoms with Crippen molar-refractivity contribution < 1.29 is 4.79 Å². The van der Waals surface area contributed by atoms with E-state index in [2.05, 4.69) is 4.98 Å². The van der Waals surface area contributed by atoms with Gasteiger partial charge in [-0.2, -0.15) is 0 Å². The van der Waals surface area contributed by atoms with Gasteiger partial charge in [0.05, 0.1) is 0 Å². The zero-order valence-electron chi connectivity index (χ0n) is 4.50. The van der Waals surface area contributed by atoms with E-state index in [4.69, 9.17) is 0 Å². The summed E-state index contributed by atoms with van der Waals surface area (Å²) in [6.07, 6.45) is 1.64. The predicted octanol–water partition coefficient (Wildman–Crippen LogP) is 1.05. The monoisotopic (exact) mass is 141 g/mol. The van der Waals surface area contributed by atoms with Gasteiger partial charge in [0, 0.05) is 11.8 Å². The Labute approximate surface area is 58.3 Å². The fourth-order valence-electron chi connectivity index (χ4n) is 0.766. The van der Waals surface area contributed by atoms with Crippen LogP contribution in [0.2, 0.25) is 0 Å². The summed E-state index contributed by atoms with van der Waals surface area (Å²) in [5.41, 5.74) is 1.39. The lowest BCUT2D eigenvalue weighted by Crippen LogP contribution is -2.13. The Balaban J connectivity index is 0.000000405. The van der Waals surface area contributed by atoms with Crippen molar-refractivity contribution >= 4 is 18.2 Å². The van der Waals surface area contributed by atoms with Crippen LogP contribution in [0, 0.1) is 0 Å². The lowest BCUT2D eigenvalue weighted by atomic mass is 9.99. The SMILES string of the molecule is Cl.O=C1c2ccnc1c2. The number of carbonyl (C=O) groups excluding carboxylic acids is 1. The first-order valence-electron chi connectivity index (χ1n) is 2.39. The van der Waals surface area contributed by atoms with Crippen molar-refractivity contribution in [3.05, 3.63) is 29.6 Å². The molecule has 1 aromatic rings. The molecule has 9 heavy (non-hydrogen) atoms. The molecular weight excluding hydrogens is 138 g/mol. The first-order valence-corrected chi connectivity index (χ1v) is 2.39. The lowest BCUT2D eigenvalue weighted by molar-refractivity contribution is 0.101. The molecule has 3 heteroatoms. The molecule has 1 aliphatic carbocycles. The molecule has 0 spiro atoms. The van der Waals surface area contributed by atoms with Gasteiger partial charge in [-0.05, 0) is 12.1 Å². The van der Waals surface area contributed by atoms with Crippen molar-refractivity contribution in [1.29, 1.82) is 0 Å². The third-order valence-electron chi connectivity index (χ3n) is 1.25. The average molecular weight is 142 g/mol. The van der Waals surface area contributed by atoms with Crippen molar-refractivity contribution in [2.75, 3.05) is 0 Å². The molecule has 46 valence electrons. The van der Waals surface area contributed by atoms with Gasteiger partial charge in [0.25, 0.3) is 0 Å². The Morgan fingerprint density at radius 3 is 2.44 bits per heavy atom. The molecule has 1 aromatic heterocycles. The molecule has 3 rings (SSSR count). The molecular formula is C6H4ClNO. The summed E-state index contributed by atoms with van der Waals surface area (Å²) in [5, 5.41) is 0. The van der Waals surface area contributed by atoms with E-state index in [1.165, 1.54) is 0 Å². The molecule has 0 radical (unpaired) electrons. The summed E-state index contributed by atoms with van der Waals surface area (Å²) < 4.78 is 0. The predicted molar refractivity (Wildman–Crippen MR) is 34.9 cm³/mol. The third-order valence-corrected chi connectivity index (χ3v) is 1.25. The minimum Gasteiger partial charge on any atom is -0.287 e. The maximum Gasteiger partial charge on any atom is 0.211 e. The second-order valence-electron chi connectivity index (χ2n) is 1.76. The average Bonchev–Trinajstić information content (AvgIpc) is 1.89. The maximum absolute atomic E-state index is 10.6. The van der Waals surface area contributed by atoms with Gasteiger partial charge in [-0.3, -0.25) is 9.78 Å². The standard InChI is InChI=1S/C6H3NO.ClH/c8-6-4-1-2-7-5(6)3-4;/h1-3H;1H. The summed E-state index contributed by atoms with van der Waals surface area (Å²) in [5.74, 6) is 0.0903. The Bertz CT molecular complexity index is 230. The van der Waals surface area contributed by atoms with Gasteiger partial charge in [-0.15, -0.1) is 12.4 Å². The van der Waals surface area contributed by atoms with Crippen molar-refractivity contribution in [1.82, 2.24) is 4.98 Å². The number of ketones is 1. The van der Waals surface area contributed by atoms with Gasteiger partial charge in [-0.25, -0.2) is 0 Å². The molecule has 0 atom stereocenters. The summed E-state index contributed by atoms with van der Waals surface area (Å²) in [6, 6.07) is 3.50. The molecule has 2 aliphatic rings. The lowest BCUT2D eigenvalue weighted by Gasteiger charge is -2.08. The Hall–Kier alpha value is -0.890. The van der Waals surface area contributed by atoms with Crippen LogP contribution in [0.15, 0.2) is 18.3 Å². The van der Waals surface area contributed by atoms with Gasteiger partial charge < -0.3 is 0 Å². The van der Waals surface area contributed by atoms with Gasteiger partial charge in [0.2, 0.25) is 5.78 Å². The van der Waals surface area contributed by atoms with Crippen LogP contribution in [0.3, 0.4) is 0 Å². The molecule has 1 aliphatic heterocycles. The highest BCUT2D eigenvalue weighted by atomic mass is 35.5. The zero-order valence-corrected chi connectivity index (χ0v) is 5.31. The Morgan fingerprint density at radius 1 is 1.44 bits per heavy atom. The minimum atomic E-state index is 0. The summed E-state index contributed by atoms with van der Waals surface area (Å²) >= 11 is 0. The van der Waals surface area contributed by atoms with Gasteiger partial charge in [0.1, 0.15) is 5.69 Å². The van der Waals surface area contributed by atoms with E-state index in [0.29, 0.717) is 5.69 Å². The molecule has 2 bridgehead atoms. The smallest absolute Gasteiger partial charge is 0.211 e. The molecule has 0 amide bonds. The highest BCUT2D eigenvalue weighted by Crippen LogP contribution is 2.16. The number of rotatable bonds is 0. The molecule has 0 saturated carbocycles. The van der Waals surface area contributed by atoms with Crippen molar-refractivity contribution in [3.8, 4) is 0 Å². The van der Waals surface area contributed by atoms with Crippen LogP contribution >= 0.6 is 12.4 Å². The number of hydrogen-bond acceptors (Lipinski definition) is 2. The van der Waals surface area contributed by atoms with E-state index < -0.39 is 0 Å². The van der Waals surface area contributed by atoms with Crippen molar-refractivity contribution in [2.45, 2.75) is 0 Å². The highest BCUT2D eigenvalue weighted by Gasteiger charge is 2.19. The number of fused-ring (bicyclic) bond motifs is 2. The fraction of sp³-hybridized carbons (Fsp3) is 0. The number of pyridine rings is 1. The molecule has 2 heterocycles. The molecule has 2 nitrogen and oxygen atoms in total. The Kier molecular flexibility index (Phi) is 1.25. The van der Waals surface area contributed by atoms with Gasteiger partial charge >= 0.3 is 0 Å². The zero-order chi connectivity index (χ0) is 5.56. The van der Waals surface area contributed by atoms with E-state index in [9.17, 15) is 4.79 Å². The number of halogens is 1. The number of nitrogens with zero attached hydrogens (tertiary/aromatic N) is 1. The largest absolute Gasteiger partial charge is 0.287 e. The minimum absolute atomic E-state index is 0. The van der Waals surface area contributed by atoms with Crippen LogP contribution in [0.5, 0.6) is 0 Å². The Morgan fingerprint density at radius 2 is 2.22 bits per heavy atom. The summed E-state index contributed by atoms with van der Waals surface area (Å²) in [6.45, 7) is 0. The third kappa shape index (κ3) is 0.634. The number of carbonyl (C=O) groups is 1. The molecule has 0 unspecified atom stereocenters. The van der Waals surface area contributed by atoms with Crippen LogP contribution in [0.25, 0.3) is 0 Å². The molecule has 0 saturated heterocycles. The first-order chi connectivity index (χ1) is 3.88. The van der Waals surface area contributed by atoms with Crippen LogP contribution in [-0.4, -0.2) is 10.8 Å². The second kappa shape index (κ2) is 1.81. The number of hydrogen-bond donors (Lipinski definition) is 0. The molecule has 0 aromatic carbocycles. The van der Waals surface area contributed by atoms with Crippen LogP contribution in [0.1, 0.15) is 16.1 Å². The van der Waals surface area contributed by atoms with Crippen LogP contribution in [0.4, 0.5) is 0 Å². The summed E-state index contributed by atoms with van der Waals surface area (Å²) in [7, 11) is 0. The fourth-order valence-corrected chi connectivity index (χ4v) is 0.766. The van der Waals surface area contributed by atoms with E-state index >= 15 is 0 Å².